The van der Waals surface area contributed by atoms with Gasteiger partial charge in [-0.05, 0) is 31.5 Å². The second kappa shape index (κ2) is 7.68. The lowest BCUT2D eigenvalue weighted by Crippen LogP contribution is -2.49. The van der Waals surface area contributed by atoms with Gasteiger partial charge in [-0.3, -0.25) is 10.3 Å². The Bertz CT molecular complexity index is 864. The fraction of sp³-hybridized carbons (Fsp3) is 0.526. The van der Waals surface area contributed by atoms with Crippen molar-refractivity contribution in [2.24, 2.45) is 4.99 Å². The summed E-state index contributed by atoms with van der Waals surface area (Å²) in [5.74, 6) is 1.03. The molecule has 1 aromatic heterocycles. The lowest BCUT2D eigenvalue weighted by molar-refractivity contribution is -0.890. The predicted octanol–water partition coefficient (Wildman–Crippen LogP) is 1.68. The minimum atomic E-state index is -0.410. The van der Waals surface area contributed by atoms with Gasteiger partial charge in [0, 0.05) is 18.3 Å². The van der Waals surface area contributed by atoms with Crippen LogP contribution in [0.15, 0.2) is 28.5 Å². The van der Waals surface area contributed by atoms with Crippen LogP contribution in [-0.2, 0) is 6.54 Å². The van der Waals surface area contributed by atoms with Crippen molar-refractivity contribution in [2.75, 3.05) is 26.2 Å². The van der Waals surface area contributed by atoms with E-state index in [-0.39, 0.29) is 29.7 Å². The van der Waals surface area contributed by atoms with Crippen molar-refractivity contribution < 1.29 is 4.65 Å². The topological polar surface area (TPSA) is 99.4 Å². The number of quaternary nitrogens is 1. The zero-order valence-corrected chi connectivity index (χ0v) is 16.6. The highest BCUT2D eigenvalue weighted by atomic mass is 35.5. The maximum atomic E-state index is 13.8. The van der Waals surface area contributed by atoms with Crippen LogP contribution in [0.2, 0.25) is 5.15 Å². The fourth-order valence-corrected chi connectivity index (χ4v) is 4.53. The van der Waals surface area contributed by atoms with Gasteiger partial charge in [-0.15, -0.1) is 0 Å². The SMILES string of the molecule is CCN[C@H]1N=CC2=C(N1)N1CCCC1C[N+]([O-])(Cc1ccc(C#N)nc1Cl)C2. The Labute approximate surface area is 169 Å². The molecule has 0 spiro atoms. The molecule has 148 valence electrons. The second-order valence-corrected chi connectivity index (χ2v) is 7.92. The molecule has 0 saturated carbocycles. The predicted molar refractivity (Wildman–Crippen MR) is 107 cm³/mol. The van der Waals surface area contributed by atoms with Crippen LogP contribution in [0.1, 0.15) is 31.0 Å². The number of aromatic nitrogens is 1. The highest BCUT2D eigenvalue weighted by Crippen LogP contribution is 2.32. The largest absolute Gasteiger partial charge is 0.632 e. The number of nitrogens with one attached hydrogen (secondary N) is 2. The van der Waals surface area contributed by atoms with E-state index in [1.165, 1.54) is 0 Å². The van der Waals surface area contributed by atoms with Gasteiger partial charge in [0.05, 0.1) is 18.2 Å². The molecule has 28 heavy (non-hydrogen) atoms. The summed E-state index contributed by atoms with van der Waals surface area (Å²) in [5, 5.41) is 29.8. The molecule has 0 bridgehead atoms. The normalized spacial score (nSPS) is 29.0. The molecule has 9 heteroatoms. The van der Waals surface area contributed by atoms with Crippen molar-refractivity contribution in [3.63, 3.8) is 0 Å². The molecule has 0 radical (unpaired) electrons. The molecule has 3 aliphatic heterocycles. The van der Waals surface area contributed by atoms with Gasteiger partial charge in [0.25, 0.3) is 0 Å². The van der Waals surface area contributed by atoms with E-state index < -0.39 is 4.65 Å². The highest BCUT2D eigenvalue weighted by molar-refractivity contribution is 6.30. The average molecular weight is 402 g/mol. The van der Waals surface area contributed by atoms with Crippen LogP contribution in [0.3, 0.4) is 0 Å². The summed E-state index contributed by atoms with van der Waals surface area (Å²) in [4.78, 5) is 10.9. The third-order valence-electron chi connectivity index (χ3n) is 5.52. The quantitative estimate of drug-likeness (QED) is 0.452. The Morgan fingerprint density at radius 1 is 1.50 bits per heavy atom. The number of nitrogens with zero attached hydrogens (tertiary/aromatic N) is 5. The summed E-state index contributed by atoms with van der Waals surface area (Å²) >= 11 is 6.25. The smallest absolute Gasteiger partial charge is 0.174 e. The average Bonchev–Trinajstić information content (AvgIpc) is 3.08. The Kier molecular flexibility index (Phi) is 5.25. The molecule has 4 rings (SSSR count). The molecule has 0 aromatic carbocycles. The number of nitriles is 1. The number of aliphatic imine (C=N–C) groups is 1. The number of hydrogen-bond acceptors (Lipinski definition) is 7. The lowest BCUT2D eigenvalue weighted by atomic mass is 10.1. The summed E-state index contributed by atoms with van der Waals surface area (Å²) < 4.78 is -0.410. The second-order valence-electron chi connectivity index (χ2n) is 7.56. The third-order valence-corrected chi connectivity index (χ3v) is 5.85. The third kappa shape index (κ3) is 3.71. The number of hydroxylamine groups is 3. The standard InChI is InChI=1S/C19H24ClN7O/c1-2-22-19-23-9-14-11-27(28,10-13-5-6-15(8-21)24-17(13)20)12-16-4-3-7-26(16)18(14)25-19/h5-6,9,16,19,22,25H,2-4,7,10-12H2,1H3/t16?,19-,27?/m0/s1. The van der Waals surface area contributed by atoms with E-state index in [1.54, 1.807) is 12.1 Å². The van der Waals surface area contributed by atoms with E-state index in [1.807, 2.05) is 19.2 Å². The van der Waals surface area contributed by atoms with Crippen LogP contribution in [0.4, 0.5) is 0 Å². The van der Waals surface area contributed by atoms with Crippen LogP contribution in [-0.4, -0.2) is 59.3 Å². The van der Waals surface area contributed by atoms with E-state index in [4.69, 9.17) is 16.9 Å². The molecule has 1 fully saturated rings. The fourth-order valence-electron chi connectivity index (χ4n) is 4.32. The van der Waals surface area contributed by atoms with Crippen LogP contribution < -0.4 is 10.6 Å². The van der Waals surface area contributed by atoms with Gasteiger partial charge in [0.1, 0.15) is 35.8 Å². The van der Waals surface area contributed by atoms with E-state index in [9.17, 15) is 5.21 Å². The summed E-state index contributed by atoms with van der Waals surface area (Å²) in [5.41, 5.74) is 1.87. The van der Waals surface area contributed by atoms with Gasteiger partial charge in [0.2, 0.25) is 0 Å². The Balaban J connectivity index is 1.63. The van der Waals surface area contributed by atoms with Crippen molar-refractivity contribution in [1.29, 1.82) is 5.26 Å². The van der Waals surface area contributed by atoms with Gasteiger partial charge in [-0.1, -0.05) is 18.5 Å². The Morgan fingerprint density at radius 3 is 3.11 bits per heavy atom. The lowest BCUT2D eigenvalue weighted by Gasteiger charge is -2.43. The summed E-state index contributed by atoms with van der Waals surface area (Å²) in [6, 6.07) is 5.52. The molecular formula is C19H24ClN7O. The summed E-state index contributed by atoms with van der Waals surface area (Å²) in [6.07, 6.45) is 3.76. The Hall–Kier alpha value is -2.18. The molecule has 2 unspecified atom stereocenters. The highest BCUT2D eigenvalue weighted by Gasteiger charge is 2.39. The number of halogens is 1. The number of pyridine rings is 1. The summed E-state index contributed by atoms with van der Waals surface area (Å²) in [6.45, 7) is 4.85. The molecule has 4 heterocycles. The van der Waals surface area contributed by atoms with Crippen molar-refractivity contribution in [3.8, 4) is 6.07 Å². The zero-order valence-electron chi connectivity index (χ0n) is 15.9. The van der Waals surface area contributed by atoms with Crippen LogP contribution in [0, 0.1) is 16.5 Å². The van der Waals surface area contributed by atoms with Crippen molar-refractivity contribution >= 4 is 17.8 Å². The number of fused-ring (bicyclic) bond motifs is 2. The molecule has 1 aromatic rings. The first-order valence-electron chi connectivity index (χ1n) is 9.67. The molecule has 8 nitrogen and oxygen atoms in total. The van der Waals surface area contributed by atoms with E-state index in [0.717, 1.165) is 37.3 Å². The van der Waals surface area contributed by atoms with Gasteiger partial charge in [-0.2, -0.15) is 5.26 Å². The Morgan fingerprint density at radius 2 is 2.36 bits per heavy atom. The summed E-state index contributed by atoms with van der Waals surface area (Å²) in [7, 11) is 0. The van der Waals surface area contributed by atoms with Gasteiger partial charge in [0.15, 0.2) is 6.29 Å². The van der Waals surface area contributed by atoms with E-state index >= 15 is 0 Å². The molecule has 2 N–H and O–H groups in total. The van der Waals surface area contributed by atoms with Crippen LogP contribution in [0.25, 0.3) is 0 Å². The first-order chi connectivity index (χ1) is 13.5. The maximum Gasteiger partial charge on any atom is 0.174 e. The van der Waals surface area contributed by atoms with Gasteiger partial charge < -0.3 is 20.1 Å². The molecule has 0 amide bonds. The van der Waals surface area contributed by atoms with Crippen molar-refractivity contribution in [2.45, 2.75) is 38.6 Å². The van der Waals surface area contributed by atoms with Gasteiger partial charge >= 0.3 is 0 Å². The molecular weight excluding hydrogens is 378 g/mol. The van der Waals surface area contributed by atoms with E-state index in [0.29, 0.717) is 18.7 Å². The molecule has 3 aliphatic rings. The monoisotopic (exact) mass is 401 g/mol. The molecule has 1 saturated heterocycles. The molecule has 0 aliphatic carbocycles. The maximum absolute atomic E-state index is 13.8. The first kappa shape index (κ1) is 19.2. The molecule has 3 atom stereocenters. The van der Waals surface area contributed by atoms with Gasteiger partial charge in [-0.25, -0.2) is 4.98 Å². The minimum Gasteiger partial charge on any atom is -0.632 e. The number of rotatable bonds is 4. The van der Waals surface area contributed by atoms with Crippen LogP contribution >= 0.6 is 11.6 Å². The minimum absolute atomic E-state index is 0.158. The first-order valence-corrected chi connectivity index (χ1v) is 10.0. The van der Waals surface area contributed by atoms with E-state index in [2.05, 4.69) is 25.5 Å². The van der Waals surface area contributed by atoms with Crippen molar-refractivity contribution in [3.05, 3.63) is 45.1 Å². The van der Waals surface area contributed by atoms with Crippen LogP contribution in [0.5, 0.6) is 0 Å². The van der Waals surface area contributed by atoms with Crippen molar-refractivity contribution in [1.82, 2.24) is 20.5 Å². The zero-order chi connectivity index (χ0) is 19.7. The number of hydrogen-bond donors (Lipinski definition) is 2.